The van der Waals surface area contributed by atoms with Gasteiger partial charge in [0.15, 0.2) is 0 Å². The number of hydrogen-bond acceptors (Lipinski definition) is 3. The Labute approximate surface area is 130 Å². The van der Waals surface area contributed by atoms with Crippen molar-refractivity contribution >= 4 is 0 Å². The van der Waals surface area contributed by atoms with Gasteiger partial charge in [0.25, 0.3) is 0 Å². The van der Waals surface area contributed by atoms with Gasteiger partial charge in [0.2, 0.25) is 0 Å². The Hall–Kier alpha value is -0.120. The van der Waals surface area contributed by atoms with E-state index in [0.29, 0.717) is 11.5 Å². The largest absolute Gasteiger partial charge is 0.375 e. The van der Waals surface area contributed by atoms with Crippen molar-refractivity contribution in [3.63, 3.8) is 0 Å². The van der Waals surface area contributed by atoms with Crippen LogP contribution in [0.5, 0.6) is 0 Å². The molecule has 0 spiro atoms. The fourth-order valence-electron chi connectivity index (χ4n) is 4.85. The van der Waals surface area contributed by atoms with E-state index in [0.717, 1.165) is 19.2 Å². The zero-order valence-electron chi connectivity index (χ0n) is 13.9. The van der Waals surface area contributed by atoms with E-state index < -0.39 is 0 Å². The van der Waals surface area contributed by atoms with Crippen molar-refractivity contribution in [1.82, 2.24) is 10.2 Å². The first-order valence-electron chi connectivity index (χ1n) is 9.39. The summed E-state index contributed by atoms with van der Waals surface area (Å²) in [6.45, 7) is 8.11. The molecule has 0 aromatic rings. The minimum atomic E-state index is 0.537. The number of ether oxygens (including phenoxy) is 1. The van der Waals surface area contributed by atoms with Crippen molar-refractivity contribution in [2.45, 2.75) is 76.9 Å². The predicted molar refractivity (Wildman–Crippen MR) is 87.6 cm³/mol. The Kier molecular flexibility index (Phi) is 5.58. The molecule has 1 heterocycles. The Morgan fingerprint density at radius 1 is 1.14 bits per heavy atom. The quantitative estimate of drug-likeness (QED) is 0.761. The normalized spacial score (nSPS) is 33.0. The SMILES string of the molecule is CCCNCC1(CN2CCOC3CCCCC32)CCCC1. The fraction of sp³-hybridized carbons (Fsp3) is 1.00. The number of morpholine rings is 1. The number of nitrogens with zero attached hydrogens (tertiary/aromatic N) is 1. The summed E-state index contributed by atoms with van der Waals surface area (Å²) >= 11 is 0. The first-order valence-corrected chi connectivity index (χ1v) is 9.39. The van der Waals surface area contributed by atoms with E-state index >= 15 is 0 Å². The molecule has 3 nitrogen and oxygen atoms in total. The van der Waals surface area contributed by atoms with Gasteiger partial charge in [0.1, 0.15) is 0 Å². The molecule has 0 aromatic carbocycles. The lowest BCUT2D eigenvalue weighted by Gasteiger charge is -2.47. The molecule has 0 amide bonds. The molecule has 3 heteroatoms. The minimum Gasteiger partial charge on any atom is -0.375 e. The maximum Gasteiger partial charge on any atom is 0.0730 e. The lowest BCUT2D eigenvalue weighted by Crippen LogP contribution is -2.56. The molecule has 0 radical (unpaired) electrons. The topological polar surface area (TPSA) is 24.5 Å². The van der Waals surface area contributed by atoms with E-state index in [4.69, 9.17) is 4.74 Å². The van der Waals surface area contributed by atoms with E-state index in [1.54, 1.807) is 0 Å². The Morgan fingerprint density at radius 3 is 2.76 bits per heavy atom. The van der Waals surface area contributed by atoms with E-state index in [1.165, 1.54) is 77.4 Å². The number of rotatable bonds is 6. The highest BCUT2D eigenvalue weighted by Gasteiger charge is 2.40. The second-order valence-corrected chi connectivity index (χ2v) is 7.62. The van der Waals surface area contributed by atoms with Gasteiger partial charge in [-0.05, 0) is 44.1 Å². The van der Waals surface area contributed by atoms with Crippen LogP contribution in [-0.2, 0) is 4.74 Å². The average molecular weight is 294 g/mol. The van der Waals surface area contributed by atoms with Crippen LogP contribution in [0, 0.1) is 5.41 Å². The molecule has 1 N–H and O–H groups in total. The molecule has 2 atom stereocenters. The van der Waals surface area contributed by atoms with Gasteiger partial charge >= 0.3 is 0 Å². The lowest BCUT2D eigenvalue weighted by molar-refractivity contribution is -0.0984. The second kappa shape index (κ2) is 7.43. The second-order valence-electron chi connectivity index (χ2n) is 7.62. The average Bonchev–Trinajstić information content (AvgIpc) is 2.97. The maximum absolute atomic E-state index is 6.05. The highest BCUT2D eigenvalue weighted by molar-refractivity contribution is 4.94. The van der Waals surface area contributed by atoms with Crippen molar-refractivity contribution in [2.75, 3.05) is 32.8 Å². The number of nitrogens with one attached hydrogen (secondary N) is 1. The standard InChI is InChI=1S/C18H34N2O/c1-2-11-19-14-18(9-5-6-10-18)15-20-12-13-21-17-8-4-3-7-16(17)20/h16-17,19H,2-15H2,1H3. The van der Waals surface area contributed by atoms with Gasteiger partial charge in [-0.2, -0.15) is 0 Å². The Balaban J connectivity index is 1.61. The molecule has 2 unspecified atom stereocenters. The summed E-state index contributed by atoms with van der Waals surface area (Å²) in [6.07, 6.45) is 13.0. The van der Waals surface area contributed by atoms with Crippen LogP contribution in [0.3, 0.4) is 0 Å². The molecule has 3 fully saturated rings. The van der Waals surface area contributed by atoms with Crippen LogP contribution >= 0.6 is 0 Å². The van der Waals surface area contributed by atoms with E-state index in [2.05, 4.69) is 17.1 Å². The minimum absolute atomic E-state index is 0.537. The van der Waals surface area contributed by atoms with Crippen molar-refractivity contribution in [1.29, 1.82) is 0 Å². The summed E-state index contributed by atoms with van der Waals surface area (Å²) in [5.41, 5.74) is 0.550. The van der Waals surface area contributed by atoms with Gasteiger partial charge < -0.3 is 10.1 Å². The van der Waals surface area contributed by atoms with E-state index in [1.807, 2.05) is 0 Å². The van der Waals surface area contributed by atoms with Crippen LogP contribution in [0.2, 0.25) is 0 Å². The summed E-state index contributed by atoms with van der Waals surface area (Å²) in [4.78, 5) is 2.81. The first-order chi connectivity index (χ1) is 10.3. The molecule has 1 aliphatic heterocycles. The third-order valence-electron chi connectivity index (χ3n) is 5.98. The molecule has 1 saturated heterocycles. The van der Waals surface area contributed by atoms with Gasteiger partial charge in [-0.1, -0.05) is 32.6 Å². The fourth-order valence-corrected chi connectivity index (χ4v) is 4.85. The molecule has 3 rings (SSSR count). The summed E-state index contributed by atoms with van der Waals surface area (Å²) < 4.78 is 6.05. The molecule has 122 valence electrons. The van der Waals surface area contributed by atoms with Crippen LogP contribution < -0.4 is 5.32 Å². The van der Waals surface area contributed by atoms with Crippen LogP contribution in [0.25, 0.3) is 0 Å². The number of fused-ring (bicyclic) bond motifs is 1. The monoisotopic (exact) mass is 294 g/mol. The molecule has 0 aromatic heterocycles. The highest BCUT2D eigenvalue weighted by atomic mass is 16.5. The smallest absolute Gasteiger partial charge is 0.0730 e. The third kappa shape index (κ3) is 3.80. The van der Waals surface area contributed by atoms with Crippen LogP contribution in [0.4, 0.5) is 0 Å². The van der Waals surface area contributed by atoms with E-state index in [9.17, 15) is 0 Å². The van der Waals surface area contributed by atoms with Crippen LogP contribution in [0.1, 0.15) is 64.7 Å². The highest BCUT2D eigenvalue weighted by Crippen LogP contribution is 2.40. The van der Waals surface area contributed by atoms with Gasteiger partial charge in [0.05, 0.1) is 12.7 Å². The summed E-state index contributed by atoms with van der Waals surface area (Å²) in [7, 11) is 0. The van der Waals surface area contributed by atoms with Crippen LogP contribution in [0.15, 0.2) is 0 Å². The van der Waals surface area contributed by atoms with Crippen molar-refractivity contribution in [3.05, 3.63) is 0 Å². The van der Waals surface area contributed by atoms with Gasteiger partial charge in [-0.25, -0.2) is 0 Å². The molecule has 0 bridgehead atoms. The van der Waals surface area contributed by atoms with Crippen molar-refractivity contribution < 1.29 is 4.74 Å². The molecule has 21 heavy (non-hydrogen) atoms. The summed E-state index contributed by atoms with van der Waals surface area (Å²) in [6, 6.07) is 0.719. The molecule has 3 aliphatic rings. The lowest BCUT2D eigenvalue weighted by atomic mass is 9.82. The first kappa shape index (κ1) is 15.8. The third-order valence-corrected chi connectivity index (χ3v) is 5.98. The molecular formula is C18H34N2O. The molecule has 2 saturated carbocycles. The Morgan fingerprint density at radius 2 is 1.95 bits per heavy atom. The van der Waals surface area contributed by atoms with Gasteiger partial charge in [0, 0.05) is 25.7 Å². The van der Waals surface area contributed by atoms with E-state index in [-0.39, 0.29) is 0 Å². The number of hydrogen-bond donors (Lipinski definition) is 1. The zero-order chi connectivity index (χ0) is 14.5. The summed E-state index contributed by atoms with van der Waals surface area (Å²) in [5, 5.41) is 3.72. The van der Waals surface area contributed by atoms with Crippen molar-refractivity contribution in [2.24, 2.45) is 5.41 Å². The van der Waals surface area contributed by atoms with Crippen LogP contribution in [-0.4, -0.2) is 49.8 Å². The Bertz CT molecular complexity index is 312. The predicted octanol–water partition coefficient (Wildman–Crippen LogP) is 3.19. The summed E-state index contributed by atoms with van der Waals surface area (Å²) in [5.74, 6) is 0. The maximum atomic E-state index is 6.05. The van der Waals surface area contributed by atoms with Gasteiger partial charge in [-0.3, -0.25) is 4.90 Å². The molecular weight excluding hydrogens is 260 g/mol. The van der Waals surface area contributed by atoms with Gasteiger partial charge in [-0.15, -0.1) is 0 Å². The molecule has 2 aliphatic carbocycles. The zero-order valence-corrected chi connectivity index (χ0v) is 13.9. The van der Waals surface area contributed by atoms with Crippen molar-refractivity contribution in [3.8, 4) is 0 Å².